The van der Waals surface area contributed by atoms with E-state index in [2.05, 4.69) is 0 Å². The molecule has 30 heavy (non-hydrogen) atoms. The van der Waals surface area contributed by atoms with E-state index in [1.807, 2.05) is 0 Å². The molecule has 7 nitrogen and oxygen atoms in total. The van der Waals surface area contributed by atoms with Gasteiger partial charge in [0.05, 0.1) is 4.92 Å². The molecule has 1 saturated heterocycles. The fraction of sp³-hybridized carbons (Fsp3) is 0.364. The second-order valence-electron chi connectivity index (χ2n) is 7.94. The predicted molar refractivity (Wildman–Crippen MR) is 109 cm³/mol. The standard InChI is InChI=1S/C22H24FN3O4/c1-14-6-5-7-18(26(29)30)17(14)12-19-20(27)25(4)22(2,21(28)24(19)3)13-15-8-10-16(23)11-9-15/h5-11,19H,12-13H2,1-4H3. The van der Waals surface area contributed by atoms with Crippen LogP contribution in [-0.4, -0.2) is 52.2 Å². The van der Waals surface area contributed by atoms with Crippen molar-refractivity contribution in [3.8, 4) is 0 Å². The van der Waals surface area contributed by atoms with Gasteiger partial charge in [0.2, 0.25) is 11.8 Å². The number of nitrogens with zero attached hydrogens (tertiary/aromatic N) is 3. The van der Waals surface area contributed by atoms with Gasteiger partial charge in [-0.2, -0.15) is 0 Å². The Morgan fingerprint density at radius 1 is 1.13 bits per heavy atom. The van der Waals surface area contributed by atoms with Crippen LogP contribution in [0.25, 0.3) is 0 Å². The van der Waals surface area contributed by atoms with Gasteiger partial charge in [-0.3, -0.25) is 19.7 Å². The smallest absolute Gasteiger partial charge is 0.272 e. The average Bonchev–Trinajstić information content (AvgIpc) is 2.71. The zero-order chi connectivity index (χ0) is 22.2. The highest BCUT2D eigenvalue weighted by Gasteiger charge is 2.51. The van der Waals surface area contributed by atoms with Gasteiger partial charge in [-0.1, -0.05) is 24.3 Å². The van der Waals surface area contributed by atoms with Gasteiger partial charge in [0.25, 0.3) is 5.69 Å². The molecule has 0 aromatic heterocycles. The quantitative estimate of drug-likeness (QED) is 0.557. The first-order valence-corrected chi connectivity index (χ1v) is 9.58. The van der Waals surface area contributed by atoms with E-state index in [1.165, 1.54) is 28.0 Å². The van der Waals surface area contributed by atoms with Crippen LogP contribution >= 0.6 is 0 Å². The van der Waals surface area contributed by atoms with Crippen molar-refractivity contribution in [2.45, 2.75) is 38.3 Å². The number of nitro groups is 1. The van der Waals surface area contributed by atoms with Crippen molar-refractivity contribution < 1.29 is 18.9 Å². The summed E-state index contributed by atoms with van der Waals surface area (Å²) >= 11 is 0. The normalized spacial score (nSPS) is 21.8. The summed E-state index contributed by atoms with van der Waals surface area (Å²) in [7, 11) is 3.11. The summed E-state index contributed by atoms with van der Waals surface area (Å²) in [6.45, 7) is 3.43. The van der Waals surface area contributed by atoms with Crippen LogP contribution in [0.4, 0.5) is 10.1 Å². The third-order valence-electron chi connectivity index (χ3n) is 6.05. The van der Waals surface area contributed by atoms with Crippen molar-refractivity contribution in [1.29, 1.82) is 0 Å². The fourth-order valence-electron chi connectivity index (χ4n) is 4.03. The van der Waals surface area contributed by atoms with Gasteiger partial charge in [0.15, 0.2) is 0 Å². The monoisotopic (exact) mass is 413 g/mol. The molecule has 2 atom stereocenters. The molecule has 0 spiro atoms. The second-order valence-corrected chi connectivity index (χ2v) is 7.94. The number of benzene rings is 2. The van der Waals surface area contributed by atoms with Crippen molar-refractivity contribution in [2.24, 2.45) is 0 Å². The van der Waals surface area contributed by atoms with E-state index in [0.29, 0.717) is 11.1 Å². The van der Waals surface area contributed by atoms with Crippen molar-refractivity contribution >= 4 is 17.5 Å². The highest BCUT2D eigenvalue weighted by Crippen LogP contribution is 2.32. The van der Waals surface area contributed by atoms with Crippen LogP contribution in [0.5, 0.6) is 0 Å². The lowest BCUT2D eigenvalue weighted by molar-refractivity contribution is -0.385. The van der Waals surface area contributed by atoms with Crippen LogP contribution in [0, 0.1) is 22.9 Å². The lowest BCUT2D eigenvalue weighted by Crippen LogP contribution is -2.69. The maximum atomic E-state index is 13.3. The summed E-state index contributed by atoms with van der Waals surface area (Å²) in [5.74, 6) is -0.935. The van der Waals surface area contributed by atoms with Crippen molar-refractivity contribution in [2.75, 3.05) is 14.1 Å². The number of carbonyl (C=O) groups is 2. The number of piperazine rings is 1. The van der Waals surface area contributed by atoms with E-state index < -0.39 is 16.5 Å². The van der Waals surface area contributed by atoms with Gasteiger partial charge in [-0.25, -0.2) is 4.39 Å². The Morgan fingerprint density at radius 2 is 1.77 bits per heavy atom. The van der Waals surface area contributed by atoms with Gasteiger partial charge in [0, 0.05) is 38.6 Å². The molecule has 0 N–H and O–H groups in total. The van der Waals surface area contributed by atoms with Crippen molar-refractivity contribution in [1.82, 2.24) is 9.80 Å². The maximum absolute atomic E-state index is 13.3. The van der Waals surface area contributed by atoms with Crippen LogP contribution in [0.15, 0.2) is 42.5 Å². The topological polar surface area (TPSA) is 83.8 Å². The first-order chi connectivity index (χ1) is 14.1. The molecule has 2 aromatic carbocycles. The van der Waals surface area contributed by atoms with Crippen molar-refractivity contribution in [3.63, 3.8) is 0 Å². The number of hydrogen-bond acceptors (Lipinski definition) is 4. The molecule has 2 unspecified atom stereocenters. The molecule has 2 amide bonds. The molecule has 2 aromatic rings. The number of halogens is 1. The zero-order valence-electron chi connectivity index (χ0n) is 17.4. The summed E-state index contributed by atoms with van der Waals surface area (Å²) in [5.41, 5.74) is 0.660. The summed E-state index contributed by atoms with van der Waals surface area (Å²) in [6.07, 6.45) is 0.289. The Kier molecular flexibility index (Phi) is 5.61. The Balaban J connectivity index is 1.92. The Bertz CT molecular complexity index is 1010. The number of carbonyl (C=O) groups excluding carboxylic acids is 2. The highest BCUT2D eigenvalue weighted by molar-refractivity contribution is 5.99. The number of amides is 2. The van der Waals surface area contributed by atoms with Crippen LogP contribution in [0.3, 0.4) is 0 Å². The molecule has 1 fully saturated rings. The van der Waals surface area contributed by atoms with Gasteiger partial charge in [0.1, 0.15) is 17.4 Å². The van der Waals surface area contributed by atoms with Crippen LogP contribution in [0.1, 0.15) is 23.6 Å². The minimum absolute atomic E-state index is 0.0566. The first-order valence-electron chi connectivity index (χ1n) is 9.58. The van der Waals surface area contributed by atoms with E-state index in [4.69, 9.17) is 0 Å². The Labute approximate surface area is 174 Å². The fourth-order valence-corrected chi connectivity index (χ4v) is 4.03. The number of aryl methyl sites for hydroxylation is 1. The van der Waals surface area contributed by atoms with E-state index >= 15 is 0 Å². The molecule has 3 rings (SSSR count). The Morgan fingerprint density at radius 3 is 2.37 bits per heavy atom. The molecule has 0 aliphatic carbocycles. The van der Waals surface area contributed by atoms with Crippen molar-refractivity contribution in [3.05, 3.63) is 75.1 Å². The van der Waals surface area contributed by atoms with Gasteiger partial charge in [-0.05, 0) is 37.1 Å². The van der Waals surface area contributed by atoms with E-state index in [-0.39, 0.29) is 36.2 Å². The first kappa shape index (κ1) is 21.4. The summed E-state index contributed by atoms with van der Waals surface area (Å²) in [4.78, 5) is 40.3. The molecule has 0 radical (unpaired) electrons. The van der Waals surface area contributed by atoms with E-state index in [1.54, 1.807) is 52.2 Å². The van der Waals surface area contributed by atoms with Gasteiger partial charge >= 0.3 is 0 Å². The molecule has 8 heteroatoms. The molecule has 1 aliphatic heterocycles. The average molecular weight is 413 g/mol. The van der Waals surface area contributed by atoms with Crippen LogP contribution in [0.2, 0.25) is 0 Å². The summed E-state index contributed by atoms with van der Waals surface area (Å²) in [6, 6.07) is 9.72. The number of nitro benzene ring substituents is 1. The van der Waals surface area contributed by atoms with E-state index in [9.17, 15) is 24.1 Å². The van der Waals surface area contributed by atoms with Gasteiger partial charge < -0.3 is 9.80 Å². The second kappa shape index (κ2) is 7.85. The molecule has 1 aliphatic rings. The summed E-state index contributed by atoms with van der Waals surface area (Å²) < 4.78 is 13.2. The largest absolute Gasteiger partial charge is 0.331 e. The number of rotatable bonds is 5. The van der Waals surface area contributed by atoms with Gasteiger partial charge in [-0.15, -0.1) is 0 Å². The molecule has 0 saturated carbocycles. The molecular formula is C22H24FN3O4. The van der Waals surface area contributed by atoms with E-state index in [0.717, 1.165) is 5.56 Å². The maximum Gasteiger partial charge on any atom is 0.272 e. The Hall–Kier alpha value is -3.29. The number of likely N-dealkylation sites (N-methyl/N-ethyl adjacent to an activating group) is 2. The molecule has 0 bridgehead atoms. The minimum Gasteiger partial charge on any atom is -0.331 e. The molecule has 158 valence electrons. The van der Waals surface area contributed by atoms with Crippen LogP contribution < -0.4 is 0 Å². The lowest BCUT2D eigenvalue weighted by Gasteiger charge is -2.48. The zero-order valence-corrected chi connectivity index (χ0v) is 17.4. The number of hydrogen-bond donors (Lipinski definition) is 0. The third-order valence-corrected chi connectivity index (χ3v) is 6.05. The lowest BCUT2D eigenvalue weighted by atomic mass is 9.84. The molecular weight excluding hydrogens is 389 g/mol. The highest BCUT2D eigenvalue weighted by atomic mass is 19.1. The summed E-state index contributed by atoms with van der Waals surface area (Å²) in [5, 5.41) is 11.4. The third kappa shape index (κ3) is 3.65. The SMILES string of the molecule is Cc1cccc([N+](=O)[O-])c1CC1C(=O)N(C)C(C)(Cc2ccc(F)cc2)C(=O)N1C. The minimum atomic E-state index is -1.14. The molecule has 1 heterocycles. The van der Waals surface area contributed by atoms with Crippen LogP contribution in [-0.2, 0) is 22.4 Å². The predicted octanol–water partition coefficient (Wildman–Crippen LogP) is 2.89.